The molecule has 24 heavy (non-hydrogen) atoms. The highest BCUT2D eigenvalue weighted by Gasteiger charge is 2.13. The van der Waals surface area contributed by atoms with Crippen LogP contribution >= 0.6 is 11.8 Å². The smallest absolute Gasteiger partial charge is 0.269 e. The van der Waals surface area contributed by atoms with E-state index in [0.717, 1.165) is 10.5 Å². The summed E-state index contributed by atoms with van der Waals surface area (Å²) in [5.74, 6) is -0.308. The molecule has 3 rings (SSSR count). The van der Waals surface area contributed by atoms with Gasteiger partial charge < -0.3 is 0 Å². The monoisotopic (exact) mass is 336 g/mol. The third-order valence-electron chi connectivity index (χ3n) is 3.22. The fraction of sp³-hybridized carbons (Fsp3) is 0.0526. The second-order valence-electron chi connectivity index (χ2n) is 4.98. The number of hydrogen-bond acceptors (Lipinski definition) is 4. The highest BCUT2D eigenvalue weighted by Crippen LogP contribution is 2.28. The summed E-state index contributed by atoms with van der Waals surface area (Å²) in [6.07, 6.45) is 1.67. The number of aromatic nitrogens is 1. The van der Waals surface area contributed by atoms with Gasteiger partial charge in [0.2, 0.25) is 0 Å². The summed E-state index contributed by atoms with van der Waals surface area (Å²) in [6, 6.07) is 23.0. The van der Waals surface area contributed by atoms with Crippen LogP contribution in [-0.4, -0.2) is 10.9 Å². The molecule has 0 aliphatic carbocycles. The Bertz CT molecular complexity index is 795. The summed E-state index contributed by atoms with van der Waals surface area (Å²) in [7, 11) is 0. The number of nitrogens with zero attached hydrogens (tertiary/aromatic N) is 1. The van der Waals surface area contributed by atoms with Gasteiger partial charge in [-0.1, -0.05) is 60.3 Å². The fourth-order valence-corrected chi connectivity index (χ4v) is 2.96. The van der Waals surface area contributed by atoms with Crippen molar-refractivity contribution in [1.82, 2.24) is 10.5 Å². The van der Waals surface area contributed by atoms with E-state index in [1.165, 1.54) is 11.8 Å². The predicted octanol–water partition coefficient (Wildman–Crippen LogP) is 4.09. The number of amides is 1. The number of benzene rings is 2. The fourth-order valence-electron chi connectivity index (χ4n) is 2.06. The SMILES string of the molecule is O=C(NOCc1ccccc1)c1cccnc1Sc1ccccc1. The maximum absolute atomic E-state index is 12.4. The predicted molar refractivity (Wildman–Crippen MR) is 93.5 cm³/mol. The number of carbonyl (C=O) groups excluding carboxylic acids is 1. The number of rotatable bonds is 6. The average molecular weight is 336 g/mol. The van der Waals surface area contributed by atoms with Crippen LogP contribution < -0.4 is 5.48 Å². The van der Waals surface area contributed by atoms with E-state index in [4.69, 9.17) is 4.84 Å². The first-order valence-electron chi connectivity index (χ1n) is 7.47. The quantitative estimate of drug-likeness (QED) is 0.689. The summed E-state index contributed by atoms with van der Waals surface area (Å²) in [5, 5.41) is 0.643. The van der Waals surface area contributed by atoms with Crippen molar-refractivity contribution >= 4 is 17.7 Å². The van der Waals surface area contributed by atoms with Gasteiger partial charge >= 0.3 is 0 Å². The zero-order valence-electron chi connectivity index (χ0n) is 12.9. The van der Waals surface area contributed by atoms with Crippen molar-refractivity contribution in [2.45, 2.75) is 16.5 Å². The van der Waals surface area contributed by atoms with Gasteiger partial charge in [-0.2, -0.15) is 0 Å². The Morgan fingerprint density at radius 1 is 0.958 bits per heavy atom. The standard InChI is InChI=1S/C19H16N2O2S/c22-18(21-23-14-15-8-3-1-4-9-15)17-12-7-13-20-19(17)24-16-10-5-2-6-11-16/h1-13H,14H2,(H,21,22). The molecular weight excluding hydrogens is 320 g/mol. The number of carbonyl (C=O) groups is 1. The minimum Gasteiger partial charge on any atom is -0.269 e. The highest BCUT2D eigenvalue weighted by molar-refractivity contribution is 7.99. The molecule has 0 unspecified atom stereocenters. The first-order chi connectivity index (χ1) is 11.8. The number of hydrogen-bond donors (Lipinski definition) is 1. The van der Waals surface area contributed by atoms with Crippen LogP contribution in [0, 0.1) is 0 Å². The molecule has 120 valence electrons. The Morgan fingerprint density at radius 2 is 1.67 bits per heavy atom. The molecular formula is C19H16N2O2S. The first-order valence-corrected chi connectivity index (χ1v) is 8.28. The Morgan fingerprint density at radius 3 is 2.42 bits per heavy atom. The van der Waals surface area contributed by atoms with E-state index in [9.17, 15) is 4.79 Å². The molecule has 4 nitrogen and oxygen atoms in total. The van der Waals surface area contributed by atoms with E-state index >= 15 is 0 Å². The first kappa shape index (κ1) is 16.2. The van der Waals surface area contributed by atoms with E-state index in [1.54, 1.807) is 18.3 Å². The van der Waals surface area contributed by atoms with E-state index in [2.05, 4.69) is 10.5 Å². The summed E-state index contributed by atoms with van der Waals surface area (Å²) in [6.45, 7) is 0.313. The van der Waals surface area contributed by atoms with Crippen molar-refractivity contribution in [2.75, 3.05) is 0 Å². The van der Waals surface area contributed by atoms with Crippen LogP contribution in [0.4, 0.5) is 0 Å². The van der Waals surface area contributed by atoms with Crippen molar-refractivity contribution in [3.8, 4) is 0 Å². The lowest BCUT2D eigenvalue weighted by Gasteiger charge is -2.09. The lowest BCUT2D eigenvalue weighted by molar-refractivity contribution is 0.0230. The Balaban J connectivity index is 1.64. The zero-order chi connectivity index (χ0) is 16.6. The van der Waals surface area contributed by atoms with Gasteiger partial charge in [0.15, 0.2) is 0 Å². The molecule has 0 aliphatic rings. The van der Waals surface area contributed by atoms with Crippen LogP contribution in [0.15, 0.2) is 88.9 Å². The van der Waals surface area contributed by atoms with Crippen LogP contribution in [0.2, 0.25) is 0 Å². The van der Waals surface area contributed by atoms with Gasteiger partial charge in [0.05, 0.1) is 12.2 Å². The average Bonchev–Trinajstić information content (AvgIpc) is 2.64. The molecule has 0 saturated carbocycles. The molecule has 1 aromatic heterocycles. The third kappa shape index (κ3) is 4.44. The van der Waals surface area contributed by atoms with Crippen LogP contribution in [0.1, 0.15) is 15.9 Å². The topological polar surface area (TPSA) is 51.2 Å². The van der Waals surface area contributed by atoms with Gasteiger partial charge in [-0.05, 0) is 29.8 Å². The Labute approximate surface area is 144 Å². The van der Waals surface area contributed by atoms with Gasteiger partial charge in [0, 0.05) is 11.1 Å². The molecule has 0 aliphatic heterocycles. The second-order valence-corrected chi connectivity index (χ2v) is 6.04. The second kappa shape index (κ2) is 8.29. The number of pyridine rings is 1. The van der Waals surface area contributed by atoms with Crippen LogP contribution in [0.5, 0.6) is 0 Å². The van der Waals surface area contributed by atoms with Crippen molar-refractivity contribution < 1.29 is 9.63 Å². The molecule has 1 N–H and O–H groups in total. The van der Waals surface area contributed by atoms with Crippen molar-refractivity contribution in [3.63, 3.8) is 0 Å². The maximum Gasteiger partial charge on any atom is 0.277 e. The molecule has 1 amide bonds. The molecule has 0 fully saturated rings. The summed E-state index contributed by atoms with van der Waals surface area (Å²) >= 11 is 1.44. The lowest BCUT2D eigenvalue weighted by Crippen LogP contribution is -2.24. The van der Waals surface area contributed by atoms with Crippen LogP contribution in [-0.2, 0) is 11.4 Å². The van der Waals surface area contributed by atoms with Crippen molar-refractivity contribution in [1.29, 1.82) is 0 Å². The minimum atomic E-state index is -0.308. The van der Waals surface area contributed by atoms with Gasteiger partial charge in [0.1, 0.15) is 5.03 Å². The molecule has 0 bridgehead atoms. The van der Waals surface area contributed by atoms with Crippen LogP contribution in [0.3, 0.4) is 0 Å². The highest BCUT2D eigenvalue weighted by atomic mass is 32.2. The van der Waals surface area contributed by atoms with Crippen molar-refractivity contribution in [2.24, 2.45) is 0 Å². The number of nitrogens with one attached hydrogen (secondary N) is 1. The molecule has 0 atom stereocenters. The summed E-state index contributed by atoms with van der Waals surface area (Å²) < 4.78 is 0. The van der Waals surface area contributed by atoms with Gasteiger partial charge in [-0.15, -0.1) is 0 Å². The van der Waals surface area contributed by atoms with E-state index < -0.39 is 0 Å². The maximum atomic E-state index is 12.4. The molecule has 0 spiro atoms. The third-order valence-corrected chi connectivity index (χ3v) is 4.25. The van der Waals surface area contributed by atoms with E-state index in [1.807, 2.05) is 60.7 Å². The largest absolute Gasteiger partial charge is 0.277 e. The van der Waals surface area contributed by atoms with E-state index in [-0.39, 0.29) is 5.91 Å². The lowest BCUT2D eigenvalue weighted by atomic mass is 10.2. The minimum absolute atomic E-state index is 0.308. The van der Waals surface area contributed by atoms with Crippen molar-refractivity contribution in [3.05, 3.63) is 90.1 Å². The Hall–Kier alpha value is -2.63. The Kier molecular flexibility index (Phi) is 5.61. The van der Waals surface area contributed by atoms with Gasteiger partial charge in [0.25, 0.3) is 5.91 Å². The molecule has 1 heterocycles. The molecule has 2 aromatic carbocycles. The van der Waals surface area contributed by atoms with Crippen LogP contribution in [0.25, 0.3) is 0 Å². The molecule has 0 saturated heterocycles. The molecule has 0 radical (unpaired) electrons. The summed E-state index contributed by atoms with van der Waals surface area (Å²) in [4.78, 5) is 23.0. The van der Waals surface area contributed by atoms with E-state index in [0.29, 0.717) is 17.2 Å². The zero-order valence-corrected chi connectivity index (χ0v) is 13.7. The molecule has 3 aromatic rings. The van der Waals surface area contributed by atoms with Gasteiger partial charge in [-0.25, -0.2) is 10.5 Å². The normalized spacial score (nSPS) is 10.3. The summed E-state index contributed by atoms with van der Waals surface area (Å²) in [5.41, 5.74) is 3.96. The van der Waals surface area contributed by atoms with Gasteiger partial charge in [-0.3, -0.25) is 9.63 Å². The molecule has 5 heteroatoms. The number of hydroxylamine groups is 1.